The molecule has 0 saturated carbocycles. The first-order chi connectivity index (χ1) is 14.3. The van der Waals surface area contributed by atoms with Crippen molar-refractivity contribution in [2.45, 2.75) is 44.9 Å². The Morgan fingerprint density at radius 1 is 1.00 bits per heavy atom. The summed E-state index contributed by atoms with van der Waals surface area (Å²) < 4.78 is 33.1. The molecule has 0 saturated heterocycles. The average molecular weight is 433 g/mol. The van der Waals surface area contributed by atoms with Gasteiger partial charge in [-0.1, -0.05) is 26.3 Å². The Bertz CT molecular complexity index is 985. The Kier molecular flexibility index (Phi) is 8.41. The molecule has 0 spiro atoms. The molecular formula is C22H28N2O5S. The summed E-state index contributed by atoms with van der Waals surface area (Å²) in [5, 5.41) is 2.75. The number of rotatable bonds is 10. The zero-order valence-corrected chi connectivity index (χ0v) is 18.3. The topological polar surface area (TPSA) is 102 Å². The van der Waals surface area contributed by atoms with Gasteiger partial charge in [-0.2, -0.15) is 0 Å². The summed E-state index contributed by atoms with van der Waals surface area (Å²) in [6.07, 6.45) is 2.50. The molecule has 2 rings (SSSR count). The van der Waals surface area contributed by atoms with Crippen LogP contribution in [0.25, 0.3) is 0 Å². The molecule has 0 unspecified atom stereocenters. The third kappa shape index (κ3) is 6.32. The standard InChI is InChI=1S/C22H28N2O5S/c1-4-6-14-29-22(26)17-8-10-18(11-9-17)24-30(27,28)19-12-7-16(3)20(15-19)21(25)23-13-5-2/h7-12,15,24H,4-6,13-14H2,1-3H3,(H,23,25). The minimum absolute atomic E-state index is 0.0159. The summed E-state index contributed by atoms with van der Waals surface area (Å²) in [7, 11) is -3.90. The van der Waals surface area contributed by atoms with Gasteiger partial charge in [0.2, 0.25) is 0 Å². The molecule has 162 valence electrons. The third-order valence-corrected chi connectivity index (χ3v) is 5.78. The number of ether oxygens (including phenoxy) is 1. The first kappa shape index (κ1) is 23.4. The van der Waals surface area contributed by atoms with Gasteiger partial charge >= 0.3 is 5.97 Å². The number of sulfonamides is 1. The maximum Gasteiger partial charge on any atom is 0.338 e. The molecular weight excluding hydrogens is 404 g/mol. The molecule has 1 amide bonds. The van der Waals surface area contributed by atoms with Crippen LogP contribution in [0.4, 0.5) is 5.69 Å². The Labute approximate surface area is 177 Å². The largest absolute Gasteiger partial charge is 0.462 e. The van der Waals surface area contributed by atoms with Crippen LogP contribution in [0.5, 0.6) is 0 Å². The van der Waals surface area contributed by atoms with E-state index in [1.165, 1.54) is 36.4 Å². The molecule has 0 bridgehead atoms. The highest BCUT2D eigenvalue weighted by Gasteiger charge is 2.18. The van der Waals surface area contributed by atoms with E-state index in [0.29, 0.717) is 35.5 Å². The van der Waals surface area contributed by atoms with Gasteiger partial charge in [0.1, 0.15) is 0 Å². The lowest BCUT2D eigenvalue weighted by molar-refractivity contribution is 0.0499. The van der Waals surface area contributed by atoms with E-state index >= 15 is 0 Å². The second-order valence-electron chi connectivity index (χ2n) is 6.90. The normalized spacial score (nSPS) is 11.0. The minimum Gasteiger partial charge on any atom is -0.462 e. The van der Waals surface area contributed by atoms with Crippen molar-refractivity contribution in [3.05, 3.63) is 59.2 Å². The van der Waals surface area contributed by atoms with Crippen LogP contribution in [-0.4, -0.2) is 33.4 Å². The lowest BCUT2D eigenvalue weighted by Crippen LogP contribution is -2.25. The van der Waals surface area contributed by atoms with Crippen molar-refractivity contribution in [3.63, 3.8) is 0 Å². The molecule has 0 aliphatic carbocycles. The lowest BCUT2D eigenvalue weighted by Gasteiger charge is -2.12. The van der Waals surface area contributed by atoms with E-state index in [1.807, 2.05) is 13.8 Å². The number of amides is 1. The van der Waals surface area contributed by atoms with E-state index in [1.54, 1.807) is 13.0 Å². The minimum atomic E-state index is -3.90. The Morgan fingerprint density at radius 3 is 2.33 bits per heavy atom. The van der Waals surface area contributed by atoms with Crippen molar-refractivity contribution < 1.29 is 22.7 Å². The number of hydrogen-bond donors (Lipinski definition) is 2. The van der Waals surface area contributed by atoms with E-state index in [4.69, 9.17) is 4.74 Å². The number of nitrogens with one attached hydrogen (secondary N) is 2. The highest BCUT2D eigenvalue weighted by Crippen LogP contribution is 2.20. The molecule has 8 heteroatoms. The first-order valence-electron chi connectivity index (χ1n) is 9.97. The van der Waals surface area contributed by atoms with Crippen LogP contribution < -0.4 is 10.0 Å². The number of hydrogen-bond acceptors (Lipinski definition) is 5. The monoisotopic (exact) mass is 432 g/mol. The van der Waals surface area contributed by atoms with Gasteiger partial charge in [0.15, 0.2) is 0 Å². The Balaban J connectivity index is 2.14. The number of benzene rings is 2. The maximum atomic E-state index is 12.8. The van der Waals surface area contributed by atoms with Gasteiger partial charge in [0.25, 0.3) is 15.9 Å². The summed E-state index contributed by atoms with van der Waals surface area (Å²) in [4.78, 5) is 24.2. The predicted octanol–water partition coefficient (Wildman–Crippen LogP) is 3.89. The second kappa shape index (κ2) is 10.8. The van der Waals surface area contributed by atoms with Gasteiger partial charge in [0.05, 0.1) is 17.1 Å². The van der Waals surface area contributed by atoms with Crippen LogP contribution in [0.3, 0.4) is 0 Å². The van der Waals surface area contributed by atoms with Crippen molar-refractivity contribution >= 4 is 27.6 Å². The molecule has 0 fully saturated rings. The molecule has 7 nitrogen and oxygen atoms in total. The van der Waals surface area contributed by atoms with Gasteiger partial charge in [-0.05, 0) is 61.7 Å². The van der Waals surface area contributed by atoms with Crippen molar-refractivity contribution in [2.75, 3.05) is 17.9 Å². The van der Waals surface area contributed by atoms with Gasteiger partial charge in [-0.15, -0.1) is 0 Å². The van der Waals surface area contributed by atoms with Crippen LogP contribution in [0, 0.1) is 6.92 Å². The van der Waals surface area contributed by atoms with Crippen molar-refractivity contribution in [1.29, 1.82) is 0 Å². The van der Waals surface area contributed by atoms with Crippen LogP contribution in [0.2, 0.25) is 0 Å². The second-order valence-corrected chi connectivity index (χ2v) is 8.59. The zero-order chi connectivity index (χ0) is 22.1. The molecule has 2 N–H and O–H groups in total. The smallest absolute Gasteiger partial charge is 0.338 e. The molecule has 0 aliphatic heterocycles. The molecule has 0 aromatic heterocycles. The molecule has 0 heterocycles. The van der Waals surface area contributed by atoms with Crippen molar-refractivity contribution in [3.8, 4) is 0 Å². The Morgan fingerprint density at radius 2 is 1.70 bits per heavy atom. The summed E-state index contributed by atoms with van der Waals surface area (Å²) in [6, 6.07) is 10.4. The number of carbonyl (C=O) groups is 2. The number of aryl methyl sites for hydroxylation is 1. The lowest BCUT2D eigenvalue weighted by atomic mass is 10.1. The molecule has 2 aromatic carbocycles. The summed E-state index contributed by atoms with van der Waals surface area (Å²) in [5.74, 6) is -0.753. The van der Waals surface area contributed by atoms with Crippen LogP contribution in [-0.2, 0) is 14.8 Å². The Hall–Kier alpha value is -2.87. The first-order valence-corrected chi connectivity index (χ1v) is 11.5. The number of unbranched alkanes of at least 4 members (excludes halogenated alkanes) is 1. The van der Waals surface area contributed by atoms with Gasteiger partial charge < -0.3 is 10.1 Å². The van der Waals surface area contributed by atoms with E-state index in [-0.39, 0.29) is 10.8 Å². The third-order valence-electron chi connectivity index (χ3n) is 4.40. The van der Waals surface area contributed by atoms with Crippen molar-refractivity contribution in [1.82, 2.24) is 5.32 Å². The molecule has 0 atom stereocenters. The van der Waals surface area contributed by atoms with Gasteiger partial charge in [-0.3, -0.25) is 9.52 Å². The van der Waals surface area contributed by atoms with E-state index in [2.05, 4.69) is 10.0 Å². The van der Waals surface area contributed by atoms with Crippen LogP contribution in [0.1, 0.15) is 59.4 Å². The quantitative estimate of drug-likeness (QED) is 0.438. The molecule has 30 heavy (non-hydrogen) atoms. The van der Waals surface area contributed by atoms with Crippen LogP contribution >= 0.6 is 0 Å². The molecule has 0 aliphatic rings. The fourth-order valence-electron chi connectivity index (χ4n) is 2.63. The molecule has 2 aromatic rings. The predicted molar refractivity (Wildman–Crippen MR) is 116 cm³/mol. The summed E-state index contributed by atoms with van der Waals surface area (Å²) in [5.41, 5.74) is 1.65. The fraction of sp³-hybridized carbons (Fsp3) is 0.364. The SMILES string of the molecule is CCCCOC(=O)c1ccc(NS(=O)(=O)c2ccc(C)c(C(=O)NCCC)c2)cc1. The maximum absolute atomic E-state index is 12.8. The van der Waals surface area contributed by atoms with Crippen molar-refractivity contribution in [2.24, 2.45) is 0 Å². The molecule has 0 radical (unpaired) electrons. The van der Waals surface area contributed by atoms with E-state index in [9.17, 15) is 18.0 Å². The highest BCUT2D eigenvalue weighted by molar-refractivity contribution is 7.92. The fourth-order valence-corrected chi connectivity index (χ4v) is 3.71. The summed E-state index contributed by atoms with van der Waals surface area (Å²) >= 11 is 0. The summed E-state index contributed by atoms with van der Waals surface area (Å²) in [6.45, 7) is 6.56. The number of anilines is 1. The number of carbonyl (C=O) groups excluding carboxylic acids is 2. The van der Waals surface area contributed by atoms with E-state index < -0.39 is 16.0 Å². The average Bonchev–Trinajstić information content (AvgIpc) is 2.72. The number of esters is 1. The van der Waals surface area contributed by atoms with E-state index in [0.717, 1.165) is 19.3 Å². The van der Waals surface area contributed by atoms with Gasteiger partial charge in [-0.25, -0.2) is 13.2 Å². The van der Waals surface area contributed by atoms with Crippen LogP contribution in [0.15, 0.2) is 47.4 Å². The highest BCUT2D eigenvalue weighted by atomic mass is 32.2. The zero-order valence-electron chi connectivity index (χ0n) is 17.5. The van der Waals surface area contributed by atoms with Gasteiger partial charge in [0, 0.05) is 17.8 Å².